The normalized spacial score (nSPS) is 13.6. The Morgan fingerprint density at radius 3 is 2.64 bits per heavy atom. The number of rotatable bonds is 6. The molecule has 0 aromatic rings. The van der Waals surface area contributed by atoms with E-state index < -0.39 is 0 Å². The monoisotopic (exact) mass is 156 g/mol. The molecule has 0 radical (unpaired) electrons. The summed E-state index contributed by atoms with van der Waals surface area (Å²) < 4.78 is 0. The Morgan fingerprint density at radius 1 is 1.36 bits per heavy atom. The molecule has 0 saturated carbocycles. The van der Waals surface area contributed by atoms with Crippen molar-refractivity contribution >= 4 is 0 Å². The molecule has 0 heterocycles. The van der Waals surface area contributed by atoms with Crippen LogP contribution in [0.3, 0.4) is 0 Å². The molecule has 2 heteroatoms. The highest BCUT2D eigenvalue weighted by Gasteiger charge is 1.94. The molecular weight excluding hydrogens is 140 g/mol. The minimum Gasteiger partial charge on any atom is -0.392 e. The van der Waals surface area contributed by atoms with Gasteiger partial charge in [-0.2, -0.15) is 0 Å². The van der Waals surface area contributed by atoms with Gasteiger partial charge in [0.05, 0.1) is 12.7 Å². The van der Waals surface area contributed by atoms with Crippen molar-refractivity contribution in [3.8, 4) is 0 Å². The Bertz CT molecular complexity index is 119. The molecule has 0 aliphatic heterocycles. The minimum absolute atomic E-state index is 0.101. The summed E-state index contributed by atoms with van der Waals surface area (Å²) in [6.07, 6.45) is 7.37. The lowest BCUT2D eigenvalue weighted by Crippen LogP contribution is -1.99. The molecular formula is C9H16O2. The second-order valence-corrected chi connectivity index (χ2v) is 2.39. The Kier molecular flexibility index (Phi) is 7.10. The van der Waals surface area contributed by atoms with Crippen LogP contribution in [0.5, 0.6) is 0 Å². The second-order valence-electron chi connectivity index (χ2n) is 2.39. The van der Waals surface area contributed by atoms with Gasteiger partial charge in [0.25, 0.3) is 0 Å². The van der Waals surface area contributed by atoms with E-state index in [1.807, 2.05) is 6.08 Å². The van der Waals surface area contributed by atoms with Crippen LogP contribution in [-0.2, 0) is 0 Å². The Labute approximate surface area is 67.9 Å². The Hall–Kier alpha value is -0.600. The van der Waals surface area contributed by atoms with Gasteiger partial charge in [-0.15, -0.1) is 6.58 Å². The first-order valence-corrected chi connectivity index (χ1v) is 3.87. The molecule has 0 rings (SSSR count). The molecule has 1 unspecified atom stereocenters. The summed E-state index contributed by atoms with van der Waals surface area (Å²) in [5, 5.41) is 17.4. The molecule has 0 saturated heterocycles. The molecule has 0 aliphatic carbocycles. The molecule has 2 nitrogen and oxygen atoms in total. The van der Waals surface area contributed by atoms with Crippen LogP contribution in [0, 0.1) is 0 Å². The molecule has 0 spiro atoms. The lowest BCUT2D eigenvalue weighted by Gasteiger charge is -2.01. The summed E-state index contributed by atoms with van der Waals surface area (Å²) in [4.78, 5) is 0. The SMILES string of the molecule is C=CC(O)CCCC=CCO. The third-order valence-corrected chi connectivity index (χ3v) is 1.41. The summed E-state index contributed by atoms with van der Waals surface area (Å²) in [5.41, 5.74) is 0. The molecule has 11 heavy (non-hydrogen) atoms. The van der Waals surface area contributed by atoms with E-state index in [1.54, 1.807) is 6.08 Å². The minimum atomic E-state index is -0.377. The molecule has 0 bridgehead atoms. The van der Waals surface area contributed by atoms with Crippen molar-refractivity contribution in [2.75, 3.05) is 6.61 Å². The Balaban J connectivity index is 3.13. The highest BCUT2D eigenvalue weighted by molar-refractivity contribution is 4.83. The average Bonchev–Trinajstić information content (AvgIpc) is 2.04. The highest BCUT2D eigenvalue weighted by atomic mass is 16.3. The maximum Gasteiger partial charge on any atom is 0.0718 e. The number of hydrogen-bond acceptors (Lipinski definition) is 2. The van der Waals surface area contributed by atoms with Crippen molar-refractivity contribution in [2.45, 2.75) is 25.4 Å². The van der Waals surface area contributed by atoms with E-state index in [1.165, 1.54) is 6.08 Å². The molecule has 64 valence electrons. The van der Waals surface area contributed by atoms with Crippen molar-refractivity contribution in [1.82, 2.24) is 0 Å². The molecule has 0 aromatic heterocycles. The van der Waals surface area contributed by atoms with Crippen LogP contribution < -0.4 is 0 Å². The number of unbranched alkanes of at least 4 members (excludes halogenated alkanes) is 1. The van der Waals surface area contributed by atoms with Crippen LogP contribution in [0.2, 0.25) is 0 Å². The fourth-order valence-corrected chi connectivity index (χ4v) is 0.755. The summed E-state index contributed by atoms with van der Waals surface area (Å²) in [7, 11) is 0. The largest absolute Gasteiger partial charge is 0.392 e. The van der Waals surface area contributed by atoms with Gasteiger partial charge in [0.15, 0.2) is 0 Å². The van der Waals surface area contributed by atoms with Crippen LogP contribution in [-0.4, -0.2) is 22.9 Å². The van der Waals surface area contributed by atoms with E-state index in [0.29, 0.717) is 0 Å². The van der Waals surface area contributed by atoms with Gasteiger partial charge in [-0.25, -0.2) is 0 Å². The van der Waals surface area contributed by atoms with E-state index in [9.17, 15) is 0 Å². The maximum atomic E-state index is 9.02. The number of aliphatic hydroxyl groups excluding tert-OH is 2. The van der Waals surface area contributed by atoms with Crippen LogP contribution >= 0.6 is 0 Å². The third-order valence-electron chi connectivity index (χ3n) is 1.41. The third kappa shape index (κ3) is 7.30. The smallest absolute Gasteiger partial charge is 0.0718 e. The van der Waals surface area contributed by atoms with Crippen molar-refractivity contribution in [3.05, 3.63) is 24.8 Å². The maximum absolute atomic E-state index is 9.02. The van der Waals surface area contributed by atoms with E-state index in [4.69, 9.17) is 10.2 Å². The zero-order chi connectivity index (χ0) is 8.53. The molecule has 2 N–H and O–H groups in total. The molecule has 0 fully saturated rings. The first-order chi connectivity index (χ1) is 5.31. The van der Waals surface area contributed by atoms with E-state index >= 15 is 0 Å². The van der Waals surface area contributed by atoms with Gasteiger partial charge < -0.3 is 10.2 Å². The lowest BCUT2D eigenvalue weighted by molar-refractivity contribution is 0.210. The lowest BCUT2D eigenvalue weighted by atomic mass is 10.1. The van der Waals surface area contributed by atoms with Gasteiger partial charge >= 0.3 is 0 Å². The first-order valence-electron chi connectivity index (χ1n) is 3.87. The zero-order valence-electron chi connectivity index (χ0n) is 6.74. The summed E-state index contributed by atoms with van der Waals surface area (Å²) in [6.45, 7) is 3.57. The number of allylic oxidation sites excluding steroid dienone is 1. The van der Waals surface area contributed by atoms with Crippen LogP contribution in [0.4, 0.5) is 0 Å². The summed E-state index contributed by atoms with van der Waals surface area (Å²) in [6, 6.07) is 0. The average molecular weight is 156 g/mol. The van der Waals surface area contributed by atoms with Crippen molar-refractivity contribution < 1.29 is 10.2 Å². The highest BCUT2D eigenvalue weighted by Crippen LogP contribution is 2.01. The van der Waals surface area contributed by atoms with Gasteiger partial charge in [0.2, 0.25) is 0 Å². The van der Waals surface area contributed by atoms with Gasteiger partial charge in [-0.05, 0) is 19.3 Å². The molecule has 0 aliphatic rings. The van der Waals surface area contributed by atoms with Crippen LogP contribution in [0.25, 0.3) is 0 Å². The van der Waals surface area contributed by atoms with Crippen LogP contribution in [0.15, 0.2) is 24.8 Å². The zero-order valence-corrected chi connectivity index (χ0v) is 6.74. The number of hydrogen-bond donors (Lipinski definition) is 2. The predicted molar refractivity (Wildman–Crippen MR) is 46.3 cm³/mol. The number of aliphatic hydroxyl groups is 2. The van der Waals surface area contributed by atoms with Gasteiger partial charge in [0, 0.05) is 0 Å². The van der Waals surface area contributed by atoms with Gasteiger partial charge in [-0.3, -0.25) is 0 Å². The predicted octanol–water partition coefficient (Wildman–Crippen LogP) is 1.25. The standard InChI is InChI=1S/C9H16O2/c1-2-9(11)7-5-3-4-6-8-10/h2,4,6,9-11H,1,3,5,7-8H2. The second kappa shape index (κ2) is 7.51. The van der Waals surface area contributed by atoms with E-state index in [-0.39, 0.29) is 12.7 Å². The molecule has 0 aromatic carbocycles. The molecule has 0 amide bonds. The van der Waals surface area contributed by atoms with Gasteiger partial charge in [-0.1, -0.05) is 18.2 Å². The summed E-state index contributed by atoms with van der Waals surface area (Å²) >= 11 is 0. The van der Waals surface area contributed by atoms with E-state index in [2.05, 4.69) is 6.58 Å². The quantitative estimate of drug-likeness (QED) is 0.449. The fourth-order valence-electron chi connectivity index (χ4n) is 0.755. The van der Waals surface area contributed by atoms with E-state index in [0.717, 1.165) is 19.3 Å². The topological polar surface area (TPSA) is 40.5 Å². The van der Waals surface area contributed by atoms with Crippen molar-refractivity contribution in [2.24, 2.45) is 0 Å². The Morgan fingerprint density at radius 2 is 2.09 bits per heavy atom. The summed E-state index contributed by atoms with van der Waals surface area (Å²) in [5.74, 6) is 0. The fraction of sp³-hybridized carbons (Fsp3) is 0.556. The van der Waals surface area contributed by atoms with Gasteiger partial charge in [0.1, 0.15) is 0 Å². The van der Waals surface area contributed by atoms with Crippen LogP contribution in [0.1, 0.15) is 19.3 Å². The van der Waals surface area contributed by atoms with Crippen molar-refractivity contribution in [3.63, 3.8) is 0 Å². The van der Waals surface area contributed by atoms with Crippen molar-refractivity contribution in [1.29, 1.82) is 0 Å². The molecule has 1 atom stereocenters. The first kappa shape index (κ1) is 10.4.